The normalized spacial score (nSPS) is 13.5. The number of carbonyl (C=O) groups is 1. The molecule has 3 aromatic rings. The van der Waals surface area contributed by atoms with Crippen molar-refractivity contribution in [2.24, 2.45) is 0 Å². The van der Waals surface area contributed by atoms with E-state index in [1.807, 2.05) is 6.07 Å². The minimum Gasteiger partial charge on any atom is -0.326 e. The number of nitrogens with zero attached hydrogens (tertiary/aromatic N) is 6. The molecule has 1 aromatic carbocycles. The number of hydrogen-bond acceptors (Lipinski definition) is 5. The second-order valence-corrected chi connectivity index (χ2v) is 8.06. The third-order valence-corrected chi connectivity index (χ3v) is 5.67. The molecule has 0 atom stereocenters. The highest BCUT2D eigenvalue weighted by atomic mass is 35.5. The van der Waals surface area contributed by atoms with Crippen LogP contribution in [0.25, 0.3) is 16.8 Å². The predicted octanol–water partition coefficient (Wildman–Crippen LogP) is 2.90. The number of likely N-dealkylation sites (N-methyl/N-ethyl adjacent to an activating group) is 1. The maximum absolute atomic E-state index is 13.9. The Kier molecular flexibility index (Phi) is 5.93. The first-order chi connectivity index (χ1) is 15.7. The molecule has 168 valence electrons. The summed E-state index contributed by atoms with van der Waals surface area (Å²) in [4.78, 5) is 46.6. The van der Waals surface area contributed by atoms with Gasteiger partial charge in [0.25, 0.3) is 5.56 Å². The highest BCUT2D eigenvalue weighted by molar-refractivity contribution is 6.31. The first-order valence-electron chi connectivity index (χ1n) is 9.60. The summed E-state index contributed by atoms with van der Waals surface area (Å²) >= 11 is 12.0. The second-order valence-electron chi connectivity index (χ2n) is 7.21. The van der Waals surface area contributed by atoms with Gasteiger partial charge >= 0.3 is 11.7 Å². The molecular formula is C21H15Cl2FN6O3. The maximum Gasteiger partial charge on any atom is 0.338 e. The van der Waals surface area contributed by atoms with Gasteiger partial charge in [0.1, 0.15) is 18.2 Å². The van der Waals surface area contributed by atoms with E-state index < -0.39 is 29.6 Å². The van der Waals surface area contributed by atoms with Gasteiger partial charge in [-0.25, -0.2) is 18.5 Å². The van der Waals surface area contributed by atoms with E-state index in [0.717, 1.165) is 15.2 Å². The van der Waals surface area contributed by atoms with Gasteiger partial charge in [-0.1, -0.05) is 29.3 Å². The van der Waals surface area contributed by atoms with E-state index in [9.17, 15) is 24.0 Å². The van der Waals surface area contributed by atoms with Crippen LogP contribution in [-0.2, 0) is 6.54 Å². The van der Waals surface area contributed by atoms with Gasteiger partial charge in [0, 0.05) is 26.3 Å². The number of carbonyl (C=O) groups excluding carboxylic acids is 1. The van der Waals surface area contributed by atoms with Gasteiger partial charge in [-0.2, -0.15) is 5.26 Å². The fourth-order valence-corrected chi connectivity index (χ4v) is 3.98. The number of aromatic nitrogens is 3. The lowest BCUT2D eigenvalue weighted by Crippen LogP contribution is -2.44. The number of pyridine rings is 1. The van der Waals surface area contributed by atoms with E-state index in [0.29, 0.717) is 6.54 Å². The molecule has 0 aliphatic carbocycles. The van der Waals surface area contributed by atoms with Crippen molar-refractivity contribution in [2.75, 3.05) is 25.0 Å². The smallest absolute Gasteiger partial charge is 0.326 e. The minimum absolute atomic E-state index is 0.0649. The lowest BCUT2D eigenvalue weighted by atomic mass is 10.1. The van der Waals surface area contributed by atoms with Crippen molar-refractivity contribution in [1.82, 2.24) is 19.0 Å². The lowest BCUT2D eigenvalue weighted by molar-refractivity contribution is 0.229. The van der Waals surface area contributed by atoms with Crippen LogP contribution in [0, 0.1) is 17.1 Å². The van der Waals surface area contributed by atoms with Crippen molar-refractivity contribution in [3.63, 3.8) is 0 Å². The number of benzene rings is 1. The van der Waals surface area contributed by atoms with Gasteiger partial charge < -0.3 is 4.90 Å². The Bertz CT molecular complexity index is 1450. The fraction of sp³-hybridized carbons (Fsp3) is 0.190. The molecule has 2 amide bonds. The van der Waals surface area contributed by atoms with E-state index in [1.165, 1.54) is 40.4 Å². The van der Waals surface area contributed by atoms with Crippen molar-refractivity contribution in [3.05, 3.63) is 73.4 Å². The van der Waals surface area contributed by atoms with E-state index in [1.54, 1.807) is 7.05 Å². The zero-order chi connectivity index (χ0) is 23.9. The van der Waals surface area contributed by atoms with Gasteiger partial charge in [0.15, 0.2) is 0 Å². The first-order valence-corrected chi connectivity index (χ1v) is 10.4. The van der Waals surface area contributed by atoms with Crippen LogP contribution in [0.2, 0.25) is 10.0 Å². The topological polar surface area (TPSA) is 104 Å². The summed E-state index contributed by atoms with van der Waals surface area (Å²) in [6, 6.07) is 6.41. The van der Waals surface area contributed by atoms with Crippen LogP contribution in [-0.4, -0.2) is 45.2 Å². The van der Waals surface area contributed by atoms with E-state index in [2.05, 4.69) is 4.98 Å². The van der Waals surface area contributed by atoms with Gasteiger partial charge in [-0.15, -0.1) is 0 Å². The molecule has 33 heavy (non-hydrogen) atoms. The molecule has 4 rings (SSSR count). The monoisotopic (exact) mass is 488 g/mol. The largest absolute Gasteiger partial charge is 0.338 e. The van der Waals surface area contributed by atoms with Crippen molar-refractivity contribution in [3.8, 4) is 22.9 Å². The second kappa shape index (κ2) is 8.69. The lowest BCUT2D eigenvalue weighted by Gasteiger charge is -2.24. The molecule has 0 unspecified atom stereocenters. The SMILES string of the molecule is CN1CCN(c2c(-c3ccc(F)c(Cl)c3)c(=O)n(-c3cncc(Cl)c3)c(=O)n2CC#N)C1=O. The average Bonchev–Trinajstić information content (AvgIpc) is 3.10. The standard InChI is InChI=1S/C21H15Cl2FN6O3/c1-27-6-7-29(20(27)32)18-17(12-2-3-16(24)15(23)8-12)19(31)30(21(33)28(18)5-4-25)14-9-13(22)10-26-11-14/h2-3,8-11H,5-7H2,1H3. The van der Waals surface area contributed by atoms with Gasteiger partial charge in [0.2, 0.25) is 0 Å². The Morgan fingerprint density at radius 2 is 1.91 bits per heavy atom. The van der Waals surface area contributed by atoms with Crippen molar-refractivity contribution >= 4 is 35.1 Å². The summed E-state index contributed by atoms with van der Waals surface area (Å²) in [6.07, 6.45) is 2.60. The molecule has 0 N–H and O–H groups in total. The molecule has 1 aliphatic heterocycles. The van der Waals surface area contributed by atoms with Crippen LogP contribution in [0.1, 0.15) is 0 Å². The summed E-state index contributed by atoms with van der Waals surface area (Å²) in [7, 11) is 1.57. The van der Waals surface area contributed by atoms with E-state index in [4.69, 9.17) is 23.2 Å². The molecule has 0 radical (unpaired) electrons. The summed E-state index contributed by atoms with van der Waals surface area (Å²) in [5, 5.41) is 9.36. The zero-order valence-corrected chi connectivity index (χ0v) is 18.6. The molecule has 0 bridgehead atoms. The van der Waals surface area contributed by atoms with Crippen LogP contribution < -0.4 is 16.1 Å². The molecule has 1 fully saturated rings. The van der Waals surface area contributed by atoms with Crippen molar-refractivity contribution < 1.29 is 9.18 Å². The summed E-state index contributed by atoms with van der Waals surface area (Å²) in [5.74, 6) is -0.779. The predicted molar refractivity (Wildman–Crippen MR) is 120 cm³/mol. The highest BCUT2D eigenvalue weighted by Crippen LogP contribution is 2.32. The average molecular weight is 489 g/mol. The Morgan fingerprint density at radius 3 is 2.52 bits per heavy atom. The van der Waals surface area contributed by atoms with Crippen molar-refractivity contribution in [1.29, 1.82) is 5.26 Å². The number of hydrogen-bond donors (Lipinski definition) is 0. The van der Waals surface area contributed by atoms with E-state index in [-0.39, 0.29) is 39.2 Å². The summed E-state index contributed by atoms with van der Waals surface area (Å²) < 4.78 is 15.7. The number of nitriles is 1. The maximum atomic E-state index is 13.9. The highest BCUT2D eigenvalue weighted by Gasteiger charge is 2.34. The fourth-order valence-electron chi connectivity index (χ4n) is 3.63. The van der Waals surface area contributed by atoms with Crippen LogP contribution >= 0.6 is 23.2 Å². The third-order valence-electron chi connectivity index (χ3n) is 5.18. The molecule has 9 nitrogen and oxygen atoms in total. The van der Waals surface area contributed by atoms with Gasteiger partial charge in [0.05, 0.1) is 33.6 Å². The minimum atomic E-state index is -0.861. The number of urea groups is 1. The van der Waals surface area contributed by atoms with Crippen LogP contribution in [0.4, 0.5) is 15.0 Å². The Balaban J connectivity index is 2.16. The van der Waals surface area contributed by atoms with E-state index >= 15 is 0 Å². The Labute approximate surface area is 196 Å². The molecule has 1 saturated heterocycles. The third kappa shape index (κ3) is 3.86. The van der Waals surface area contributed by atoms with Crippen LogP contribution in [0.15, 0.2) is 46.2 Å². The first kappa shape index (κ1) is 22.5. The number of anilines is 1. The Morgan fingerprint density at radius 1 is 1.15 bits per heavy atom. The molecule has 0 saturated carbocycles. The van der Waals surface area contributed by atoms with Crippen molar-refractivity contribution in [2.45, 2.75) is 6.54 Å². The number of halogens is 3. The zero-order valence-electron chi connectivity index (χ0n) is 17.1. The molecule has 2 aromatic heterocycles. The van der Waals surface area contributed by atoms with Gasteiger partial charge in [-0.05, 0) is 23.8 Å². The summed E-state index contributed by atoms with van der Waals surface area (Å²) in [5.41, 5.74) is -1.54. The molecular weight excluding hydrogens is 474 g/mol. The summed E-state index contributed by atoms with van der Waals surface area (Å²) in [6.45, 7) is 0.0483. The molecule has 3 heterocycles. The number of rotatable bonds is 4. The van der Waals surface area contributed by atoms with Crippen LogP contribution in [0.3, 0.4) is 0 Å². The molecule has 1 aliphatic rings. The van der Waals surface area contributed by atoms with Crippen LogP contribution in [0.5, 0.6) is 0 Å². The molecule has 12 heteroatoms. The molecule has 0 spiro atoms. The number of amides is 2. The quantitative estimate of drug-likeness (QED) is 0.561. The van der Waals surface area contributed by atoms with Gasteiger partial charge in [-0.3, -0.25) is 19.2 Å². The Hall–Kier alpha value is -3.68.